The van der Waals surface area contributed by atoms with E-state index in [1.807, 2.05) is 24.3 Å². The molecule has 1 aliphatic rings. The summed E-state index contributed by atoms with van der Waals surface area (Å²) >= 11 is 6.06. The number of nitrogens with zero attached hydrogens (tertiary/aromatic N) is 3. The van der Waals surface area contributed by atoms with E-state index in [1.54, 1.807) is 17.9 Å². The van der Waals surface area contributed by atoms with Crippen LogP contribution in [0, 0.1) is 6.92 Å². The third-order valence-corrected chi connectivity index (χ3v) is 4.31. The Hall–Kier alpha value is -2.05. The van der Waals surface area contributed by atoms with Crippen LogP contribution < -0.4 is 4.74 Å². The van der Waals surface area contributed by atoms with Gasteiger partial charge in [0.2, 0.25) is 5.76 Å². The zero-order chi connectivity index (χ0) is 16.9. The zero-order valence-electron chi connectivity index (χ0n) is 13.6. The summed E-state index contributed by atoms with van der Waals surface area (Å²) in [6.45, 7) is 6.13. The average Bonchev–Trinajstić information content (AvgIpc) is 3.03. The molecule has 0 atom stereocenters. The van der Waals surface area contributed by atoms with E-state index in [-0.39, 0.29) is 5.91 Å². The Morgan fingerprint density at radius 3 is 2.71 bits per heavy atom. The fourth-order valence-electron chi connectivity index (χ4n) is 2.64. The maximum atomic E-state index is 12.3. The second-order valence-electron chi connectivity index (χ2n) is 5.75. The minimum atomic E-state index is -0.0948. The SMILES string of the molecule is Cc1cc(C(=O)N2CCN(CCOc3ccccc3Cl)CC2)on1. The summed E-state index contributed by atoms with van der Waals surface area (Å²) in [6, 6.07) is 9.12. The fourth-order valence-corrected chi connectivity index (χ4v) is 2.83. The number of halogens is 1. The molecule has 1 aromatic carbocycles. The van der Waals surface area contributed by atoms with Crippen molar-refractivity contribution in [2.24, 2.45) is 0 Å². The maximum Gasteiger partial charge on any atom is 0.292 e. The molecule has 128 valence electrons. The van der Waals surface area contributed by atoms with E-state index >= 15 is 0 Å². The predicted molar refractivity (Wildman–Crippen MR) is 90.5 cm³/mol. The number of aryl methyl sites for hydroxylation is 1. The number of rotatable bonds is 5. The van der Waals surface area contributed by atoms with Crippen molar-refractivity contribution < 1.29 is 14.1 Å². The highest BCUT2D eigenvalue weighted by atomic mass is 35.5. The molecule has 1 fully saturated rings. The fraction of sp³-hybridized carbons (Fsp3) is 0.412. The smallest absolute Gasteiger partial charge is 0.292 e. The second kappa shape index (κ2) is 7.68. The number of benzene rings is 1. The van der Waals surface area contributed by atoms with E-state index in [9.17, 15) is 4.79 Å². The van der Waals surface area contributed by atoms with Gasteiger partial charge in [-0.2, -0.15) is 0 Å². The van der Waals surface area contributed by atoms with Gasteiger partial charge in [-0.3, -0.25) is 9.69 Å². The summed E-state index contributed by atoms with van der Waals surface area (Å²) in [5.74, 6) is 0.916. The number of aromatic nitrogens is 1. The minimum absolute atomic E-state index is 0.0948. The van der Waals surface area contributed by atoms with Crippen molar-refractivity contribution in [3.8, 4) is 5.75 Å². The molecule has 3 rings (SSSR count). The third kappa shape index (κ3) is 4.07. The second-order valence-corrected chi connectivity index (χ2v) is 6.15. The van der Waals surface area contributed by atoms with Gasteiger partial charge < -0.3 is 14.2 Å². The normalized spacial score (nSPS) is 15.5. The lowest BCUT2D eigenvalue weighted by molar-refractivity contribution is 0.0581. The van der Waals surface area contributed by atoms with Crippen LogP contribution in [-0.4, -0.2) is 60.2 Å². The van der Waals surface area contributed by atoms with Gasteiger partial charge in [-0.1, -0.05) is 28.9 Å². The van der Waals surface area contributed by atoms with E-state index in [0.717, 1.165) is 19.6 Å². The maximum absolute atomic E-state index is 12.3. The lowest BCUT2D eigenvalue weighted by Crippen LogP contribution is -2.49. The molecule has 0 unspecified atom stereocenters. The first-order valence-corrected chi connectivity index (χ1v) is 8.33. The van der Waals surface area contributed by atoms with Crippen LogP contribution in [0.25, 0.3) is 0 Å². The standard InChI is InChI=1S/C17H20ClN3O3/c1-13-12-16(24-19-13)17(22)21-8-6-20(7-9-21)10-11-23-15-5-3-2-4-14(15)18/h2-5,12H,6-11H2,1H3. The van der Waals surface area contributed by atoms with Crippen LogP contribution >= 0.6 is 11.6 Å². The number of ether oxygens (including phenoxy) is 1. The molecule has 7 heteroatoms. The van der Waals surface area contributed by atoms with E-state index in [4.69, 9.17) is 20.9 Å². The molecule has 0 bridgehead atoms. The molecule has 0 N–H and O–H groups in total. The van der Waals surface area contributed by atoms with Gasteiger partial charge in [-0.25, -0.2) is 0 Å². The van der Waals surface area contributed by atoms with E-state index < -0.39 is 0 Å². The van der Waals surface area contributed by atoms with Crippen molar-refractivity contribution in [3.63, 3.8) is 0 Å². The molecule has 0 aliphatic carbocycles. The molecule has 24 heavy (non-hydrogen) atoms. The van der Waals surface area contributed by atoms with Crippen LogP contribution in [0.1, 0.15) is 16.2 Å². The average molecular weight is 350 g/mol. The van der Waals surface area contributed by atoms with E-state index in [0.29, 0.717) is 41.9 Å². The van der Waals surface area contributed by atoms with Crippen LogP contribution in [0.2, 0.25) is 5.02 Å². The highest BCUT2D eigenvalue weighted by molar-refractivity contribution is 6.32. The third-order valence-electron chi connectivity index (χ3n) is 4.00. The van der Waals surface area contributed by atoms with Gasteiger partial charge in [0.1, 0.15) is 12.4 Å². The summed E-state index contributed by atoms with van der Waals surface area (Å²) in [5.41, 5.74) is 0.716. The molecule has 6 nitrogen and oxygen atoms in total. The number of hydrogen-bond acceptors (Lipinski definition) is 5. The van der Waals surface area contributed by atoms with Crippen LogP contribution in [0.5, 0.6) is 5.75 Å². The highest BCUT2D eigenvalue weighted by Gasteiger charge is 2.24. The van der Waals surface area contributed by atoms with Crippen molar-refractivity contribution in [3.05, 3.63) is 46.8 Å². The van der Waals surface area contributed by atoms with Gasteiger partial charge in [0.05, 0.1) is 10.7 Å². The van der Waals surface area contributed by atoms with Crippen molar-refractivity contribution in [2.45, 2.75) is 6.92 Å². The van der Waals surface area contributed by atoms with Crippen molar-refractivity contribution in [1.82, 2.24) is 15.0 Å². The number of para-hydroxylation sites is 1. The lowest BCUT2D eigenvalue weighted by Gasteiger charge is -2.34. The molecule has 2 heterocycles. The molecular weight excluding hydrogens is 330 g/mol. The number of piperazine rings is 1. The number of carbonyl (C=O) groups excluding carboxylic acids is 1. The van der Waals surface area contributed by atoms with Crippen LogP contribution in [-0.2, 0) is 0 Å². The van der Waals surface area contributed by atoms with Crippen LogP contribution in [0.4, 0.5) is 0 Å². The Bertz CT molecular complexity index is 696. The van der Waals surface area contributed by atoms with E-state index in [1.165, 1.54) is 0 Å². The molecule has 0 spiro atoms. The summed E-state index contributed by atoms with van der Waals surface area (Å²) in [4.78, 5) is 16.4. The van der Waals surface area contributed by atoms with Gasteiger partial charge >= 0.3 is 0 Å². The summed E-state index contributed by atoms with van der Waals surface area (Å²) in [5, 5.41) is 4.38. The Morgan fingerprint density at radius 1 is 1.29 bits per heavy atom. The van der Waals surface area contributed by atoms with Crippen LogP contribution in [0.15, 0.2) is 34.9 Å². The lowest BCUT2D eigenvalue weighted by atomic mass is 10.2. The first kappa shape index (κ1) is 16.8. The van der Waals surface area contributed by atoms with Gasteiger partial charge in [0.15, 0.2) is 0 Å². The Balaban J connectivity index is 1.42. The van der Waals surface area contributed by atoms with Gasteiger partial charge in [0, 0.05) is 38.8 Å². The largest absolute Gasteiger partial charge is 0.491 e. The molecule has 2 aromatic rings. The molecule has 1 amide bonds. The summed E-state index contributed by atoms with van der Waals surface area (Å²) in [6.07, 6.45) is 0. The summed E-state index contributed by atoms with van der Waals surface area (Å²) < 4.78 is 10.8. The number of carbonyl (C=O) groups is 1. The highest BCUT2D eigenvalue weighted by Crippen LogP contribution is 2.22. The van der Waals surface area contributed by atoms with Crippen LogP contribution in [0.3, 0.4) is 0 Å². The van der Waals surface area contributed by atoms with Crippen molar-refractivity contribution >= 4 is 17.5 Å². The zero-order valence-corrected chi connectivity index (χ0v) is 14.3. The molecule has 1 aromatic heterocycles. The quantitative estimate of drug-likeness (QED) is 0.830. The number of amides is 1. The first-order chi connectivity index (χ1) is 11.6. The molecule has 1 saturated heterocycles. The Kier molecular flexibility index (Phi) is 5.37. The molecule has 0 saturated carbocycles. The monoisotopic (exact) mass is 349 g/mol. The van der Waals surface area contributed by atoms with Gasteiger partial charge in [0.25, 0.3) is 5.91 Å². The number of hydrogen-bond donors (Lipinski definition) is 0. The Morgan fingerprint density at radius 2 is 2.04 bits per heavy atom. The molecular formula is C17H20ClN3O3. The van der Waals surface area contributed by atoms with Gasteiger partial charge in [-0.15, -0.1) is 0 Å². The topological polar surface area (TPSA) is 58.8 Å². The van der Waals surface area contributed by atoms with Gasteiger partial charge in [-0.05, 0) is 19.1 Å². The minimum Gasteiger partial charge on any atom is -0.491 e. The van der Waals surface area contributed by atoms with E-state index in [2.05, 4.69) is 10.1 Å². The molecule has 1 aliphatic heterocycles. The Labute approximate surface area is 145 Å². The van der Waals surface area contributed by atoms with Crippen molar-refractivity contribution in [2.75, 3.05) is 39.3 Å². The molecule has 0 radical (unpaired) electrons. The predicted octanol–water partition coefficient (Wildman–Crippen LogP) is 2.47. The first-order valence-electron chi connectivity index (χ1n) is 7.96. The summed E-state index contributed by atoms with van der Waals surface area (Å²) in [7, 11) is 0. The van der Waals surface area contributed by atoms with Crippen molar-refractivity contribution in [1.29, 1.82) is 0 Å².